The van der Waals surface area contributed by atoms with Crippen molar-refractivity contribution in [1.29, 1.82) is 0 Å². The van der Waals surface area contributed by atoms with Crippen molar-refractivity contribution in [1.82, 2.24) is 44.3 Å². The minimum atomic E-state index is 0.195. The lowest BCUT2D eigenvalue weighted by Gasteiger charge is -2.09. The lowest BCUT2D eigenvalue weighted by Crippen LogP contribution is -2.17. The quantitative estimate of drug-likeness (QED) is 0.455. The molecular formula is C15H18N12. The summed E-state index contributed by atoms with van der Waals surface area (Å²) in [4.78, 5) is 13.3. The molecule has 0 spiro atoms. The smallest absolute Gasteiger partial charge is 0.259 e. The maximum Gasteiger partial charge on any atom is 0.259 e. The Morgan fingerprint density at radius 1 is 0.556 bits per heavy atom. The number of aromatic nitrogens is 9. The first-order valence-electron chi connectivity index (χ1n) is 8.05. The van der Waals surface area contributed by atoms with Gasteiger partial charge in [0.25, 0.3) is 17.8 Å². The van der Waals surface area contributed by atoms with Crippen molar-refractivity contribution in [2.45, 2.75) is 20.8 Å². The summed E-state index contributed by atoms with van der Waals surface area (Å²) in [5.41, 5.74) is 20.2. The summed E-state index contributed by atoms with van der Waals surface area (Å²) < 4.78 is 4.22. The third-order valence-corrected chi connectivity index (χ3v) is 3.75. The molecule has 138 valence electrons. The molecule has 27 heavy (non-hydrogen) atoms. The van der Waals surface area contributed by atoms with Gasteiger partial charge in [0.1, 0.15) is 17.5 Å². The van der Waals surface area contributed by atoms with Crippen LogP contribution in [0, 0.1) is 20.8 Å². The predicted molar refractivity (Wildman–Crippen MR) is 98.6 cm³/mol. The Morgan fingerprint density at radius 2 is 0.815 bits per heavy atom. The second-order valence-corrected chi connectivity index (χ2v) is 6.10. The van der Waals surface area contributed by atoms with E-state index in [4.69, 9.17) is 17.2 Å². The Labute approximate surface area is 153 Å². The van der Waals surface area contributed by atoms with Gasteiger partial charge in [-0.05, 0) is 20.8 Å². The standard InChI is InChI=1S/C15H18N12/c1-7-4-10(16)25(22-7)13-19-14(26-11(17)5-8(2)23-26)21-15(20-13)27-12(18)6-9(3)24-27/h4-6H,16-18H2,1-3H3. The molecule has 0 fully saturated rings. The van der Waals surface area contributed by atoms with Gasteiger partial charge in [-0.3, -0.25) is 0 Å². The molecule has 6 N–H and O–H groups in total. The fourth-order valence-corrected chi connectivity index (χ4v) is 2.67. The molecule has 0 amide bonds. The number of aryl methyl sites for hydroxylation is 3. The van der Waals surface area contributed by atoms with Crippen LogP contribution < -0.4 is 17.2 Å². The van der Waals surface area contributed by atoms with Crippen LogP contribution in [0.15, 0.2) is 18.2 Å². The number of rotatable bonds is 3. The molecule has 0 saturated carbocycles. The first kappa shape index (κ1) is 16.5. The second kappa shape index (κ2) is 5.79. The van der Waals surface area contributed by atoms with E-state index in [-0.39, 0.29) is 17.8 Å². The van der Waals surface area contributed by atoms with Crippen molar-refractivity contribution < 1.29 is 0 Å². The largest absolute Gasteiger partial charge is 0.383 e. The molecule has 0 aliphatic rings. The van der Waals surface area contributed by atoms with Crippen LogP contribution in [-0.4, -0.2) is 44.3 Å². The van der Waals surface area contributed by atoms with Gasteiger partial charge in [-0.25, -0.2) is 0 Å². The molecule has 0 unspecified atom stereocenters. The van der Waals surface area contributed by atoms with Crippen LogP contribution in [0.25, 0.3) is 17.8 Å². The van der Waals surface area contributed by atoms with Crippen LogP contribution in [0.3, 0.4) is 0 Å². The van der Waals surface area contributed by atoms with E-state index < -0.39 is 0 Å². The minimum Gasteiger partial charge on any atom is -0.383 e. The molecule has 0 atom stereocenters. The SMILES string of the molecule is Cc1cc(N)n(-c2nc(-n3nc(C)cc3N)nc(-n3nc(C)cc3N)n2)n1. The molecule has 0 bridgehead atoms. The van der Waals surface area contributed by atoms with Gasteiger partial charge in [0, 0.05) is 18.2 Å². The fraction of sp³-hybridized carbons (Fsp3) is 0.200. The zero-order valence-corrected chi connectivity index (χ0v) is 15.0. The number of nitrogens with two attached hydrogens (primary N) is 3. The van der Waals surface area contributed by atoms with E-state index in [9.17, 15) is 0 Å². The molecular weight excluding hydrogens is 348 g/mol. The van der Waals surface area contributed by atoms with Gasteiger partial charge >= 0.3 is 0 Å². The lowest BCUT2D eigenvalue weighted by molar-refractivity contribution is 0.708. The van der Waals surface area contributed by atoms with Gasteiger partial charge in [0.15, 0.2) is 0 Å². The summed E-state index contributed by atoms with van der Waals surface area (Å²) >= 11 is 0. The van der Waals surface area contributed by atoms with E-state index in [1.54, 1.807) is 18.2 Å². The highest BCUT2D eigenvalue weighted by molar-refractivity contribution is 5.43. The van der Waals surface area contributed by atoms with E-state index in [0.29, 0.717) is 17.5 Å². The summed E-state index contributed by atoms with van der Waals surface area (Å²) in [6, 6.07) is 5.13. The summed E-state index contributed by atoms with van der Waals surface area (Å²) in [7, 11) is 0. The third-order valence-electron chi connectivity index (χ3n) is 3.75. The molecule has 4 heterocycles. The van der Waals surface area contributed by atoms with Crippen molar-refractivity contribution in [3.8, 4) is 17.8 Å². The van der Waals surface area contributed by atoms with E-state index in [1.807, 2.05) is 20.8 Å². The lowest BCUT2D eigenvalue weighted by atomic mass is 10.5. The van der Waals surface area contributed by atoms with E-state index in [0.717, 1.165) is 17.1 Å². The van der Waals surface area contributed by atoms with E-state index >= 15 is 0 Å². The van der Waals surface area contributed by atoms with Crippen LogP contribution in [0.4, 0.5) is 17.5 Å². The number of hydrogen-bond donors (Lipinski definition) is 3. The van der Waals surface area contributed by atoms with Crippen molar-refractivity contribution in [3.05, 3.63) is 35.3 Å². The van der Waals surface area contributed by atoms with Gasteiger partial charge in [-0.15, -0.1) is 0 Å². The van der Waals surface area contributed by atoms with Gasteiger partial charge in [0.2, 0.25) is 0 Å². The maximum absolute atomic E-state index is 6.02. The summed E-state index contributed by atoms with van der Waals surface area (Å²) in [5.74, 6) is 1.72. The number of anilines is 3. The zero-order chi connectivity index (χ0) is 19.3. The molecule has 0 aliphatic carbocycles. The molecule has 0 aromatic carbocycles. The monoisotopic (exact) mass is 366 g/mol. The number of hydrogen-bond acceptors (Lipinski definition) is 9. The predicted octanol–water partition coefficient (Wildman–Crippen LogP) is 0.101. The van der Waals surface area contributed by atoms with Crippen molar-refractivity contribution in [2.24, 2.45) is 0 Å². The molecule has 4 aromatic heterocycles. The first-order valence-corrected chi connectivity index (χ1v) is 8.05. The van der Waals surface area contributed by atoms with Crippen LogP contribution in [0.2, 0.25) is 0 Å². The normalized spacial score (nSPS) is 11.2. The molecule has 0 radical (unpaired) electrons. The van der Waals surface area contributed by atoms with Gasteiger partial charge < -0.3 is 17.2 Å². The first-order chi connectivity index (χ1) is 12.8. The Hall–Kier alpha value is -3.96. The second-order valence-electron chi connectivity index (χ2n) is 6.10. The summed E-state index contributed by atoms with van der Waals surface area (Å²) in [6.45, 7) is 5.46. The zero-order valence-electron chi connectivity index (χ0n) is 15.0. The van der Waals surface area contributed by atoms with Gasteiger partial charge in [-0.1, -0.05) is 0 Å². The molecule has 4 rings (SSSR count). The Bertz CT molecular complexity index is 992. The summed E-state index contributed by atoms with van der Waals surface area (Å²) in [6.07, 6.45) is 0. The molecule has 0 saturated heterocycles. The molecule has 0 aliphatic heterocycles. The highest BCUT2D eigenvalue weighted by Crippen LogP contribution is 2.18. The topological polar surface area (TPSA) is 170 Å². The minimum absolute atomic E-state index is 0.195. The Kier molecular flexibility index (Phi) is 3.54. The van der Waals surface area contributed by atoms with Gasteiger partial charge in [0.05, 0.1) is 17.1 Å². The van der Waals surface area contributed by atoms with Crippen molar-refractivity contribution in [2.75, 3.05) is 17.2 Å². The molecule has 12 heteroatoms. The average molecular weight is 366 g/mol. The number of nitrogens with zero attached hydrogens (tertiary/aromatic N) is 9. The Balaban J connectivity index is 1.98. The number of nitrogen functional groups attached to an aromatic ring is 3. The van der Waals surface area contributed by atoms with Crippen LogP contribution in [0.1, 0.15) is 17.1 Å². The van der Waals surface area contributed by atoms with E-state index in [1.165, 1.54) is 14.0 Å². The van der Waals surface area contributed by atoms with Crippen molar-refractivity contribution >= 4 is 17.5 Å². The van der Waals surface area contributed by atoms with E-state index in [2.05, 4.69) is 30.2 Å². The highest BCUT2D eigenvalue weighted by atomic mass is 15.5. The Morgan fingerprint density at radius 3 is 1.00 bits per heavy atom. The van der Waals surface area contributed by atoms with Crippen molar-refractivity contribution in [3.63, 3.8) is 0 Å². The molecule has 12 nitrogen and oxygen atoms in total. The van der Waals surface area contributed by atoms with Crippen LogP contribution in [-0.2, 0) is 0 Å². The highest BCUT2D eigenvalue weighted by Gasteiger charge is 2.18. The fourth-order valence-electron chi connectivity index (χ4n) is 2.67. The summed E-state index contributed by atoms with van der Waals surface area (Å²) in [5, 5.41) is 13.0. The maximum atomic E-state index is 6.02. The van der Waals surface area contributed by atoms with Crippen LogP contribution in [0.5, 0.6) is 0 Å². The molecule has 4 aromatic rings. The van der Waals surface area contributed by atoms with Crippen LogP contribution >= 0.6 is 0 Å². The van der Waals surface area contributed by atoms with Gasteiger partial charge in [-0.2, -0.15) is 44.3 Å². The average Bonchev–Trinajstić information content (AvgIpc) is 3.23. The third kappa shape index (κ3) is 2.82.